The molecule has 2 N–H and O–H groups in total. The summed E-state index contributed by atoms with van der Waals surface area (Å²) in [6.45, 7) is 0.434. The fraction of sp³-hybridized carbons (Fsp3) is 0.500. The molecule has 4 nitrogen and oxygen atoms in total. The first-order valence-corrected chi connectivity index (χ1v) is 6.52. The number of hydrogen-bond donors (Lipinski definition) is 2. The monoisotopic (exact) mass is 307 g/mol. The van der Waals surface area contributed by atoms with E-state index in [0.717, 1.165) is 9.47 Å². The summed E-state index contributed by atoms with van der Waals surface area (Å²) < 4.78 is 5.51. The van der Waals surface area contributed by atoms with Crippen molar-refractivity contribution in [3.8, 4) is 0 Å². The first kappa shape index (κ1) is 13.5. The van der Waals surface area contributed by atoms with Crippen LogP contribution >= 0.6 is 27.3 Å². The van der Waals surface area contributed by atoms with Crippen LogP contribution < -0.4 is 5.32 Å². The Bertz CT molecular complexity index is 343. The van der Waals surface area contributed by atoms with Gasteiger partial charge >= 0.3 is 5.97 Å². The van der Waals surface area contributed by atoms with E-state index in [0.29, 0.717) is 13.0 Å². The highest BCUT2D eigenvalue weighted by atomic mass is 79.9. The maximum atomic E-state index is 10.8. The molecule has 16 heavy (non-hydrogen) atoms. The molecule has 1 atom stereocenters. The first-order valence-electron chi connectivity index (χ1n) is 4.84. The normalized spacial score (nSPS) is 12.2. The third-order valence-corrected chi connectivity index (χ3v) is 3.64. The lowest BCUT2D eigenvalue weighted by atomic mass is 10.2. The maximum absolute atomic E-state index is 10.8. The minimum absolute atomic E-state index is 0.244. The second kappa shape index (κ2) is 6.88. The molecule has 0 saturated carbocycles. The number of thiophene rings is 1. The van der Waals surface area contributed by atoms with Crippen LogP contribution in [0.2, 0.25) is 0 Å². The molecule has 1 rings (SSSR count). The minimum Gasteiger partial charge on any atom is -0.469 e. The zero-order valence-electron chi connectivity index (χ0n) is 8.90. The van der Waals surface area contributed by atoms with Crippen molar-refractivity contribution < 1.29 is 14.6 Å². The third kappa shape index (κ3) is 4.96. The van der Waals surface area contributed by atoms with E-state index in [4.69, 9.17) is 0 Å². The number of ether oxygens (including phenoxy) is 1. The summed E-state index contributed by atoms with van der Waals surface area (Å²) in [6, 6.07) is 1.94. The summed E-state index contributed by atoms with van der Waals surface area (Å²) in [6.07, 6.45) is 0.111. The van der Waals surface area contributed by atoms with Gasteiger partial charge in [-0.15, -0.1) is 11.3 Å². The van der Waals surface area contributed by atoms with Gasteiger partial charge in [0.25, 0.3) is 0 Å². The van der Waals surface area contributed by atoms with Crippen LogP contribution in [-0.2, 0) is 9.53 Å². The highest BCUT2D eigenvalue weighted by Gasteiger charge is 2.08. The van der Waals surface area contributed by atoms with Gasteiger partial charge in [0.1, 0.15) is 0 Å². The van der Waals surface area contributed by atoms with E-state index in [-0.39, 0.29) is 12.4 Å². The number of carbonyl (C=O) groups excluding carboxylic acids is 1. The summed E-state index contributed by atoms with van der Waals surface area (Å²) in [5, 5.41) is 15.6. The molecule has 0 radical (unpaired) electrons. The molecule has 0 fully saturated rings. The van der Waals surface area contributed by atoms with E-state index < -0.39 is 6.10 Å². The standard InChI is InChI=1S/C10H14BrNO3S/c1-15-10(14)3-2-8(13)5-12-9-4-7(11)6-16-9/h4,6,8,12-13H,2-3,5H2,1H3. The lowest BCUT2D eigenvalue weighted by molar-refractivity contribution is -0.141. The molecule has 0 aromatic carbocycles. The van der Waals surface area contributed by atoms with Gasteiger partial charge in [0.15, 0.2) is 0 Å². The molecule has 1 heterocycles. The topological polar surface area (TPSA) is 58.6 Å². The predicted octanol–water partition coefficient (Wildman–Crippen LogP) is 2.24. The molecule has 1 unspecified atom stereocenters. The zero-order chi connectivity index (χ0) is 12.0. The van der Waals surface area contributed by atoms with Crippen LogP contribution in [0.1, 0.15) is 12.8 Å². The number of esters is 1. The van der Waals surface area contributed by atoms with Gasteiger partial charge in [-0.3, -0.25) is 4.79 Å². The number of carbonyl (C=O) groups is 1. The van der Waals surface area contributed by atoms with Gasteiger partial charge in [-0.25, -0.2) is 0 Å². The molecule has 0 bridgehead atoms. The van der Waals surface area contributed by atoms with Gasteiger partial charge in [-0.05, 0) is 28.4 Å². The smallest absolute Gasteiger partial charge is 0.305 e. The van der Waals surface area contributed by atoms with Gasteiger partial charge in [-0.2, -0.15) is 0 Å². The number of anilines is 1. The second-order valence-corrected chi connectivity index (χ2v) is 5.11. The Morgan fingerprint density at radius 3 is 3.06 bits per heavy atom. The Morgan fingerprint density at radius 2 is 2.50 bits per heavy atom. The number of methoxy groups -OCH3 is 1. The molecule has 6 heteroatoms. The molecular weight excluding hydrogens is 294 g/mol. The van der Waals surface area contributed by atoms with E-state index in [9.17, 15) is 9.90 Å². The van der Waals surface area contributed by atoms with Crippen LogP contribution in [-0.4, -0.2) is 30.8 Å². The molecule has 0 spiro atoms. The van der Waals surface area contributed by atoms with Crippen molar-refractivity contribution in [1.29, 1.82) is 0 Å². The average molecular weight is 308 g/mol. The van der Waals surface area contributed by atoms with Crippen LogP contribution in [0, 0.1) is 0 Å². The summed E-state index contributed by atoms with van der Waals surface area (Å²) in [7, 11) is 1.34. The van der Waals surface area contributed by atoms with Crippen molar-refractivity contribution in [1.82, 2.24) is 0 Å². The molecule has 0 aliphatic carbocycles. The number of nitrogens with one attached hydrogen (secondary N) is 1. The molecule has 1 aromatic heterocycles. The van der Waals surface area contributed by atoms with Crippen molar-refractivity contribution in [3.05, 3.63) is 15.9 Å². The second-order valence-electron chi connectivity index (χ2n) is 3.28. The Morgan fingerprint density at radius 1 is 1.75 bits per heavy atom. The molecule has 0 aliphatic rings. The predicted molar refractivity (Wildman–Crippen MR) is 67.8 cm³/mol. The molecule has 0 saturated heterocycles. The van der Waals surface area contributed by atoms with E-state index in [2.05, 4.69) is 26.0 Å². The maximum Gasteiger partial charge on any atom is 0.305 e. The number of hydrogen-bond acceptors (Lipinski definition) is 5. The molecule has 0 aliphatic heterocycles. The van der Waals surface area contributed by atoms with Crippen LogP contribution in [0.3, 0.4) is 0 Å². The van der Waals surface area contributed by atoms with E-state index in [1.165, 1.54) is 7.11 Å². The highest BCUT2D eigenvalue weighted by Crippen LogP contribution is 2.24. The van der Waals surface area contributed by atoms with Crippen molar-refractivity contribution >= 4 is 38.2 Å². The van der Waals surface area contributed by atoms with E-state index in [1.807, 2.05) is 11.4 Å². The zero-order valence-corrected chi connectivity index (χ0v) is 11.3. The molecule has 90 valence electrons. The molecular formula is C10H14BrNO3S. The summed E-state index contributed by atoms with van der Waals surface area (Å²) in [5.41, 5.74) is 0. The highest BCUT2D eigenvalue weighted by molar-refractivity contribution is 9.10. The molecule has 0 amide bonds. The van der Waals surface area contributed by atoms with Crippen molar-refractivity contribution in [3.63, 3.8) is 0 Å². The van der Waals surface area contributed by atoms with Gasteiger partial charge in [0, 0.05) is 22.8 Å². The minimum atomic E-state index is -0.542. The summed E-state index contributed by atoms with van der Waals surface area (Å²) >= 11 is 4.90. The average Bonchev–Trinajstić information content (AvgIpc) is 2.69. The fourth-order valence-corrected chi connectivity index (χ4v) is 2.44. The quantitative estimate of drug-likeness (QED) is 0.791. The third-order valence-electron chi connectivity index (χ3n) is 1.99. The number of halogens is 1. The van der Waals surface area contributed by atoms with Crippen LogP contribution in [0.5, 0.6) is 0 Å². The lowest BCUT2D eigenvalue weighted by Gasteiger charge is -2.10. The van der Waals surface area contributed by atoms with Gasteiger partial charge < -0.3 is 15.2 Å². The first-order chi connectivity index (χ1) is 7.61. The molecule has 1 aromatic rings. The van der Waals surface area contributed by atoms with E-state index >= 15 is 0 Å². The summed E-state index contributed by atoms with van der Waals surface area (Å²) in [5.74, 6) is -0.294. The number of aliphatic hydroxyl groups is 1. The Hall–Kier alpha value is -0.590. The van der Waals surface area contributed by atoms with Crippen molar-refractivity contribution in [2.45, 2.75) is 18.9 Å². The number of rotatable bonds is 6. The van der Waals surface area contributed by atoms with Crippen molar-refractivity contribution in [2.24, 2.45) is 0 Å². The Balaban J connectivity index is 2.19. The van der Waals surface area contributed by atoms with E-state index in [1.54, 1.807) is 11.3 Å². The van der Waals surface area contributed by atoms with Crippen LogP contribution in [0.15, 0.2) is 15.9 Å². The Labute approximate surface area is 107 Å². The fourth-order valence-electron chi connectivity index (χ4n) is 1.11. The van der Waals surface area contributed by atoms with Crippen molar-refractivity contribution in [2.75, 3.05) is 19.0 Å². The largest absolute Gasteiger partial charge is 0.469 e. The van der Waals surface area contributed by atoms with Gasteiger partial charge in [0.05, 0.1) is 18.2 Å². The van der Waals surface area contributed by atoms with Crippen LogP contribution in [0.4, 0.5) is 5.00 Å². The Kier molecular flexibility index (Phi) is 5.79. The van der Waals surface area contributed by atoms with Crippen LogP contribution in [0.25, 0.3) is 0 Å². The lowest BCUT2D eigenvalue weighted by Crippen LogP contribution is -2.20. The SMILES string of the molecule is COC(=O)CCC(O)CNc1cc(Br)cs1. The van der Waals surface area contributed by atoms with Gasteiger partial charge in [0.2, 0.25) is 0 Å². The van der Waals surface area contributed by atoms with Gasteiger partial charge in [-0.1, -0.05) is 0 Å². The number of aliphatic hydroxyl groups excluding tert-OH is 1. The summed E-state index contributed by atoms with van der Waals surface area (Å²) in [4.78, 5) is 10.8.